The number of hydrogen-bond acceptors (Lipinski definition) is 4. The van der Waals surface area contributed by atoms with Gasteiger partial charge in [0.2, 0.25) is 11.8 Å². The molecule has 2 atom stereocenters. The van der Waals surface area contributed by atoms with Crippen molar-refractivity contribution in [3.63, 3.8) is 0 Å². The minimum Gasteiger partial charge on any atom is -0.368 e. The third-order valence-corrected chi connectivity index (χ3v) is 5.80. The molecule has 1 fully saturated rings. The van der Waals surface area contributed by atoms with E-state index in [9.17, 15) is 14.4 Å². The van der Waals surface area contributed by atoms with Gasteiger partial charge in [0.15, 0.2) is 0 Å². The van der Waals surface area contributed by atoms with Crippen LogP contribution in [0.4, 0.5) is 0 Å². The van der Waals surface area contributed by atoms with Gasteiger partial charge in [-0.3, -0.25) is 19.3 Å². The number of benzene rings is 2. The highest BCUT2D eigenvalue weighted by molar-refractivity contribution is 5.97. The third kappa shape index (κ3) is 6.92. The van der Waals surface area contributed by atoms with Gasteiger partial charge in [0.1, 0.15) is 6.04 Å². The molecule has 0 aliphatic carbocycles. The minimum atomic E-state index is -0.682. The number of rotatable bonds is 10. The molecule has 3 rings (SSSR count). The molecular weight excluding hydrogens is 404 g/mol. The van der Waals surface area contributed by atoms with Crippen molar-refractivity contribution in [2.45, 2.75) is 44.2 Å². The van der Waals surface area contributed by atoms with Crippen molar-refractivity contribution < 1.29 is 14.4 Å². The van der Waals surface area contributed by atoms with E-state index in [0.717, 1.165) is 31.4 Å². The first kappa shape index (κ1) is 23.5. The van der Waals surface area contributed by atoms with Crippen molar-refractivity contribution in [2.75, 3.05) is 19.6 Å². The van der Waals surface area contributed by atoms with Gasteiger partial charge in [-0.2, -0.15) is 0 Å². The van der Waals surface area contributed by atoms with E-state index in [2.05, 4.69) is 15.5 Å². The third-order valence-electron chi connectivity index (χ3n) is 5.80. The van der Waals surface area contributed by atoms with Gasteiger partial charge in [0.25, 0.3) is 5.91 Å². The SMILES string of the molecule is NC(=O)[C@@H]1CCCCN1CCCNC(=O)[C@H](Cc1ccccc1)NC(=O)c1ccccc1. The monoisotopic (exact) mass is 436 g/mol. The number of nitrogens with zero attached hydrogens (tertiary/aromatic N) is 1. The fourth-order valence-corrected chi connectivity index (χ4v) is 4.09. The summed E-state index contributed by atoms with van der Waals surface area (Å²) in [6, 6.07) is 17.6. The summed E-state index contributed by atoms with van der Waals surface area (Å²) in [4.78, 5) is 39.3. The number of piperidine rings is 1. The second kappa shape index (κ2) is 12.0. The molecule has 3 amide bonds. The van der Waals surface area contributed by atoms with Crippen molar-refractivity contribution in [1.29, 1.82) is 0 Å². The summed E-state index contributed by atoms with van der Waals surface area (Å²) in [6.45, 7) is 2.02. The van der Waals surface area contributed by atoms with Crippen LogP contribution >= 0.6 is 0 Å². The summed E-state index contributed by atoms with van der Waals surface area (Å²) in [5.41, 5.74) is 7.01. The molecule has 0 aromatic heterocycles. The van der Waals surface area contributed by atoms with Gasteiger partial charge in [0, 0.05) is 25.1 Å². The Bertz CT molecular complexity index is 889. The first-order valence-corrected chi connectivity index (χ1v) is 11.3. The zero-order chi connectivity index (χ0) is 22.8. The van der Waals surface area contributed by atoms with E-state index in [0.29, 0.717) is 31.5 Å². The fraction of sp³-hybridized carbons (Fsp3) is 0.400. The van der Waals surface area contributed by atoms with Gasteiger partial charge < -0.3 is 16.4 Å². The standard InChI is InChI=1S/C25H32N4O3/c26-23(30)22-14-7-8-16-29(22)17-9-15-27-25(32)21(18-19-10-3-1-4-11-19)28-24(31)20-12-5-2-6-13-20/h1-6,10-13,21-22H,7-9,14-18H2,(H2,26,30)(H,27,32)(H,28,31)/t21-,22-/m0/s1. The minimum absolute atomic E-state index is 0.213. The maximum atomic E-state index is 12.9. The quantitative estimate of drug-likeness (QED) is 0.495. The molecule has 0 radical (unpaired) electrons. The highest BCUT2D eigenvalue weighted by atomic mass is 16.2. The number of amides is 3. The Morgan fingerprint density at radius 2 is 1.69 bits per heavy atom. The zero-order valence-corrected chi connectivity index (χ0v) is 18.3. The van der Waals surface area contributed by atoms with Crippen molar-refractivity contribution in [1.82, 2.24) is 15.5 Å². The van der Waals surface area contributed by atoms with E-state index >= 15 is 0 Å². The van der Waals surface area contributed by atoms with Crippen molar-refractivity contribution in [3.05, 3.63) is 71.8 Å². The van der Waals surface area contributed by atoms with Gasteiger partial charge in [-0.25, -0.2) is 0 Å². The van der Waals surface area contributed by atoms with Gasteiger partial charge >= 0.3 is 0 Å². The summed E-state index contributed by atoms with van der Waals surface area (Å²) < 4.78 is 0. The molecule has 1 saturated heterocycles. The highest BCUT2D eigenvalue weighted by Gasteiger charge is 2.26. The van der Waals surface area contributed by atoms with Crippen LogP contribution in [0.1, 0.15) is 41.6 Å². The second-order valence-corrected chi connectivity index (χ2v) is 8.18. The number of primary amides is 1. The number of nitrogens with one attached hydrogen (secondary N) is 2. The van der Waals surface area contributed by atoms with Crippen LogP contribution in [0.3, 0.4) is 0 Å². The maximum absolute atomic E-state index is 12.9. The van der Waals surface area contributed by atoms with Gasteiger partial charge in [0.05, 0.1) is 6.04 Å². The van der Waals surface area contributed by atoms with Crippen molar-refractivity contribution >= 4 is 17.7 Å². The lowest BCUT2D eigenvalue weighted by Gasteiger charge is -2.33. The van der Waals surface area contributed by atoms with Crippen LogP contribution in [-0.4, -0.2) is 54.3 Å². The molecule has 0 unspecified atom stereocenters. The fourth-order valence-electron chi connectivity index (χ4n) is 4.09. The molecule has 0 spiro atoms. The Hall–Kier alpha value is -3.19. The van der Waals surface area contributed by atoms with Gasteiger partial charge in [-0.05, 0) is 43.5 Å². The molecule has 1 aliphatic heterocycles. The van der Waals surface area contributed by atoms with E-state index in [1.165, 1.54) is 0 Å². The van der Waals surface area contributed by atoms with E-state index in [-0.39, 0.29) is 23.8 Å². The largest absolute Gasteiger partial charge is 0.368 e. The molecule has 0 bridgehead atoms. The molecule has 1 heterocycles. The van der Waals surface area contributed by atoms with E-state index in [1.807, 2.05) is 36.4 Å². The average Bonchev–Trinajstić information content (AvgIpc) is 2.82. The zero-order valence-electron chi connectivity index (χ0n) is 18.3. The first-order chi connectivity index (χ1) is 15.5. The van der Waals surface area contributed by atoms with Crippen molar-refractivity contribution in [2.24, 2.45) is 5.73 Å². The van der Waals surface area contributed by atoms with Crippen LogP contribution in [0.15, 0.2) is 60.7 Å². The highest BCUT2D eigenvalue weighted by Crippen LogP contribution is 2.16. The van der Waals surface area contributed by atoms with Gasteiger partial charge in [-0.15, -0.1) is 0 Å². The molecule has 0 saturated carbocycles. The summed E-state index contributed by atoms with van der Waals surface area (Å²) in [7, 11) is 0. The topological polar surface area (TPSA) is 105 Å². The summed E-state index contributed by atoms with van der Waals surface area (Å²) in [5.74, 6) is -0.775. The molecule has 7 heteroatoms. The average molecular weight is 437 g/mol. The lowest BCUT2D eigenvalue weighted by Crippen LogP contribution is -2.50. The Morgan fingerprint density at radius 3 is 2.38 bits per heavy atom. The number of likely N-dealkylation sites (tertiary alicyclic amines) is 1. The van der Waals surface area contributed by atoms with Crippen LogP contribution in [0.2, 0.25) is 0 Å². The molecule has 2 aromatic rings. The van der Waals surface area contributed by atoms with E-state index in [4.69, 9.17) is 5.73 Å². The lowest BCUT2D eigenvalue weighted by atomic mass is 10.0. The number of hydrogen-bond donors (Lipinski definition) is 3. The van der Waals surface area contributed by atoms with Crippen molar-refractivity contribution in [3.8, 4) is 0 Å². The smallest absolute Gasteiger partial charge is 0.251 e. The molecule has 4 N–H and O–H groups in total. The number of carbonyl (C=O) groups is 3. The maximum Gasteiger partial charge on any atom is 0.251 e. The molecule has 7 nitrogen and oxygen atoms in total. The van der Waals surface area contributed by atoms with Crippen LogP contribution in [-0.2, 0) is 16.0 Å². The van der Waals surface area contributed by atoms with Crippen LogP contribution in [0, 0.1) is 0 Å². The second-order valence-electron chi connectivity index (χ2n) is 8.18. The Morgan fingerprint density at radius 1 is 1.00 bits per heavy atom. The predicted octanol–water partition coefficient (Wildman–Crippen LogP) is 1.87. The van der Waals surface area contributed by atoms with Crippen LogP contribution in [0.25, 0.3) is 0 Å². The molecule has 1 aliphatic rings. The Labute approximate surface area is 189 Å². The first-order valence-electron chi connectivity index (χ1n) is 11.3. The van der Waals surface area contributed by atoms with Crippen LogP contribution < -0.4 is 16.4 Å². The van der Waals surface area contributed by atoms with Crippen LogP contribution in [0.5, 0.6) is 0 Å². The summed E-state index contributed by atoms with van der Waals surface area (Å²) >= 11 is 0. The molecule has 32 heavy (non-hydrogen) atoms. The molecule has 2 aromatic carbocycles. The lowest BCUT2D eigenvalue weighted by molar-refractivity contribution is -0.125. The summed E-state index contributed by atoms with van der Waals surface area (Å²) in [5, 5.41) is 5.82. The number of nitrogens with two attached hydrogens (primary N) is 1. The molecule has 170 valence electrons. The molecular formula is C25H32N4O3. The van der Waals surface area contributed by atoms with Gasteiger partial charge in [-0.1, -0.05) is 55.0 Å². The normalized spacial score (nSPS) is 17.3. The summed E-state index contributed by atoms with van der Waals surface area (Å²) in [6.07, 6.45) is 3.98. The van der Waals surface area contributed by atoms with E-state index < -0.39 is 6.04 Å². The Kier molecular flexibility index (Phi) is 8.80. The number of carbonyl (C=O) groups excluding carboxylic acids is 3. The predicted molar refractivity (Wildman–Crippen MR) is 124 cm³/mol. The Balaban J connectivity index is 1.55. The van der Waals surface area contributed by atoms with E-state index in [1.54, 1.807) is 24.3 Å².